The van der Waals surface area contributed by atoms with E-state index in [2.05, 4.69) is 4.99 Å². The minimum atomic E-state index is -0.802. The topological polar surface area (TPSA) is 79.1 Å². The van der Waals surface area contributed by atoms with Gasteiger partial charge in [0.2, 0.25) is 0 Å². The van der Waals surface area contributed by atoms with Crippen molar-refractivity contribution in [3.05, 3.63) is 88.0 Å². The van der Waals surface area contributed by atoms with Crippen LogP contribution in [0.25, 0.3) is 6.08 Å². The summed E-state index contributed by atoms with van der Waals surface area (Å²) < 4.78 is 18.2. The van der Waals surface area contributed by atoms with E-state index in [1.165, 1.54) is 23.9 Å². The Morgan fingerprint density at radius 3 is 2.53 bits per heavy atom. The molecule has 1 aromatic heterocycles. The van der Waals surface area contributed by atoms with Crippen LogP contribution in [0.4, 0.5) is 0 Å². The van der Waals surface area contributed by atoms with Crippen LogP contribution in [-0.2, 0) is 9.53 Å². The van der Waals surface area contributed by atoms with Crippen molar-refractivity contribution in [1.29, 1.82) is 0 Å². The van der Waals surface area contributed by atoms with Crippen molar-refractivity contribution in [2.24, 2.45) is 4.99 Å². The van der Waals surface area contributed by atoms with Gasteiger partial charge < -0.3 is 14.2 Å². The van der Waals surface area contributed by atoms with Crippen LogP contribution >= 0.6 is 46.1 Å². The first-order chi connectivity index (χ1) is 17.3. The second-order valence-electron chi connectivity index (χ2n) is 7.54. The third kappa shape index (κ3) is 5.04. The molecule has 0 N–H and O–H groups in total. The first-order valence-electron chi connectivity index (χ1n) is 10.9. The molecule has 0 bridgehead atoms. The van der Waals surface area contributed by atoms with Gasteiger partial charge in [-0.15, -0.1) is 0 Å². The molecule has 3 aromatic rings. The van der Waals surface area contributed by atoms with Gasteiger partial charge >= 0.3 is 5.97 Å². The lowest BCUT2D eigenvalue weighted by Gasteiger charge is -2.23. The molecule has 0 amide bonds. The van der Waals surface area contributed by atoms with Gasteiger partial charge in [-0.05, 0) is 55.3 Å². The van der Waals surface area contributed by atoms with E-state index in [1.807, 2.05) is 13.8 Å². The molecule has 2 aromatic carbocycles. The number of ether oxygens (including phenoxy) is 3. The predicted octanol–water partition coefficient (Wildman–Crippen LogP) is 4.78. The van der Waals surface area contributed by atoms with E-state index in [0.717, 1.165) is 11.3 Å². The molecule has 36 heavy (non-hydrogen) atoms. The molecule has 0 saturated carbocycles. The molecule has 0 radical (unpaired) electrons. The van der Waals surface area contributed by atoms with Crippen molar-refractivity contribution in [3.8, 4) is 11.5 Å². The smallest absolute Gasteiger partial charge is 0.337 e. The molecule has 1 atom stereocenters. The summed E-state index contributed by atoms with van der Waals surface area (Å²) >= 11 is 19.8. The number of fused-ring (bicyclic) bond motifs is 1. The summed E-state index contributed by atoms with van der Waals surface area (Å²) in [7, 11) is 1.28. The third-order valence-electron chi connectivity index (χ3n) is 5.32. The van der Waals surface area contributed by atoms with Gasteiger partial charge in [0.15, 0.2) is 16.3 Å². The fraction of sp³-hybridized carbons (Fsp3) is 0.240. The number of carbonyl (C=O) groups excluding carboxylic acids is 1. The van der Waals surface area contributed by atoms with Crippen molar-refractivity contribution in [1.82, 2.24) is 4.57 Å². The van der Waals surface area contributed by atoms with Crippen LogP contribution in [0.3, 0.4) is 0 Å². The third-order valence-corrected chi connectivity index (χ3v) is 7.35. The Morgan fingerprint density at radius 2 is 1.83 bits per heavy atom. The molecule has 0 aliphatic carbocycles. The zero-order chi connectivity index (χ0) is 26.0. The lowest BCUT2D eigenvalue weighted by molar-refractivity contribution is -0.136. The molecule has 0 unspecified atom stereocenters. The Morgan fingerprint density at radius 1 is 1.11 bits per heavy atom. The quantitative estimate of drug-likeness (QED) is 0.303. The lowest BCUT2D eigenvalue weighted by atomic mass is 9.97. The molecule has 188 valence electrons. The van der Waals surface area contributed by atoms with Crippen molar-refractivity contribution >= 4 is 58.2 Å². The SMILES string of the molecule is CCOc1ccc([C@H]2C(C(=O)OC)=CN=c3s/c(=C\c4cc(Cl)cc(Cl)c4Cl)c(=O)n32)cc1OCC. The molecule has 11 heteroatoms. The fourth-order valence-electron chi connectivity index (χ4n) is 3.81. The monoisotopic (exact) mass is 566 g/mol. The number of halogens is 3. The van der Waals surface area contributed by atoms with Gasteiger partial charge in [0.05, 0.1) is 46.5 Å². The minimum absolute atomic E-state index is 0.201. The average molecular weight is 568 g/mol. The summed E-state index contributed by atoms with van der Waals surface area (Å²) in [6, 6.07) is 7.63. The second-order valence-corrected chi connectivity index (χ2v) is 9.77. The van der Waals surface area contributed by atoms with Gasteiger partial charge in [-0.3, -0.25) is 9.36 Å². The molecule has 7 nitrogen and oxygen atoms in total. The van der Waals surface area contributed by atoms with E-state index in [-0.39, 0.29) is 21.2 Å². The van der Waals surface area contributed by atoms with Crippen molar-refractivity contribution in [2.45, 2.75) is 19.9 Å². The standard InChI is InChI=1S/C25H21Cl3N2O5S/c1-4-34-18-7-6-13(9-19(18)35-5-2)22-16(24(32)33-3)12-29-25-30(22)23(31)20(36-25)10-14-8-15(26)11-17(27)21(14)28/h6-12,22H,4-5H2,1-3H3/b20-10-/t22-/m0/s1. The molecule has 0 fully saturated rings. The van der Waals surface area contributed by atoms with E-state index < -0.39 is 12.0 Å². The number of nitrogens with zero attached hydrogens (tertiary/aromatic N) is 2. The van der Waals surface area contributed by atoms with Crippen LogP contribution in [0, 0.1) is 0 Å². The first-order valence-corrected chi connectivity index (χ1v) is 12.9. The average Bonchev–Trinajstić information content (AvgIpc) is 3.17. The Labute approximate surface area is 225 Å². The Balaban J connectivity index is 1.93. The van der Waals surface area contributed by atoms with Crippen molar-refractivity contribution in [2.75, 3.05) is 20.3 Å². The van der Waals surface area contributed by atoms with Gasteiger partial charge in [0.1, 0.15) is 0 Å². The molecule has 0 saturated heterocycles. The number of carbonyl (C=O) groups is 1. The van der Waals surface area contributed by atoms with Gasteiger partial charge in [-0.25, -0.2) is 9.79 Å². The molecule has 0 spiro atoms. The van der Waals surface area contributed by atoms with E-state index in [1.54, 1.807) is 30.3 Å². The number of rotatable bonds is 7. The number of esters is 1. The van der Waals surface area contributed by atoms with Gasteiger partial charge in [-0.2, -0.15) is 0 Å². The number of aromatic nitrogens is 1. The Hall–Kier alpha value is -2.78. The molecule has 2 heterocycles. The summed E-state index contributed by atoms with van der Waals surface area (Å²) in [4.78, 5) is 31.1. The van der Waals surface area contributed by atoms with Crippen LogP contribution in [-0.4, -0.2) is 30.9 Å². The summed E-state index contributed by atoms with van der Waals surface area (Å²) in [5, 5.41) is 0.922. The Bertz CT molecular complexity index is 1540. The van der Waals surface area contributed by atoms with Crippen LogP contribution in [0.5, 0.6) is 11.5 Å². The zero-order valence-electron chi connectivity index (χ0n) is 19.5. The number of methoxy groups -OCH3 is 1. The summed E-state index contributed by atoms with van der Waals surface area (Å²) in [6.07, 6.45) is 3.03. The largest absolute Gasteiger partial charge is 0.490 e. The first kappa shape index (κ1) is 26.3. The zero-order valence-corrected chi connectivity index (χ0v) is 22.6. The summed E-state index contributed by atoms with van der Waals surface area (Å²) in [6.45, 7) is 4.60. The van der Waals surface area contributed by atoms with E-state index in [0.29, 0.717) is 50.2 Å². The van der Waals surface area contributed by atoms with E-state index >= 15 is 0 Å². The van der Waals surface area contributed by atoms with Gasteiger partial charge in [0, 0.05) is 11.2 Å². The van der Waals surface area contributed by atoms with E-state index in [4.69, 9.17) is 49.0 Å². The summed E-state index contributed by atoms with van der Waals surface area (Å²) in [5.41, 5.74) is 0.956. The minimum Gasteiger partial charge on any atom is -0.490 e. The fourth-order valence-corrected chi connectivity index (χ4v) is 5.44. The van der Waals surface area contributed by atoms with E-state index in [9.17, 15) is 9.59 Å². The highest BCUT2D eigenvalue weighted by Crippen LogP contribution is 2.35. The lowest BCUT2D eigenvalue weighted by Crippen LogP contribution is -2.39. The highest BCUT2D eigenvalue weighted by molar-refractivity contribution is 7.07. The predicted molar refractivity (Wildman–Crippen MR) is 141 cm³/mol. The van der Waals surface area contributed by atoms with Gasteiger partial charge in [0.25, 0.3) is 5.56 Å². The maximum absolute atomic E-state index is 13.7. The highest BCUT2D eigenvalue weighted by Gasteiger charge is 2.31. The summed E-state index contributed by atoms with van der Waals surface area (Å²) in [5.74, 6) is 0.460. The van der Waals surface area contributed by atoms with Crippen molar-refractivity contribution < 1.29 is 19.0 Å². The number of thiazole rings is 1. The van der Waals surface area contributed by atoms with Crippen LogP contribution in [0.1, 0.15) is 31.0 Å². The number of hydrogen-bond donors (Lipinski definition) is 0. The maximum atomic E-state index is 13.7. The van der Waals surface area contributed by atoms with Gasteiger partial charge in [-0.1, -0.05) is 52.2 Å². The van der Waals surface area contributed by atoms with Crippen LogP contribution < -0.4 is 24.4 Å². The second kappa shape index (κ2) is 11.1. The number of benzene rings is 2. The van der Waals surface area contributed by atoms with Crippen LogP contribution in [0.15, 0.2) is 51.9 Å². The highest BCUT2D eigenvalue weighted by atomic mass is 35.5. The molecule has 1 aliphatic heterocycles. The maximum Gasteiger partial charge on any atom is 0.337 e. The van der Waals surface area contributed by atoms with Crippen molar-refractivity contribution in [3.63, 3.8) is 0 Å². The van der Waals surface area contributed by atoms with Crippen LogP contribution in [0.2, 0.25) is 15.1 Å². The molecule has 4 rings (SSSR count). The molecular weight excluding hydrogens is 547 g/mol. The Kier molecular flexibility index (Phi) is 8.10. The normalized spacial score (nSPS) is 15.1. The number of hydrogen-bond acceptors (Lipinski definition) is 7. The molecular formula is C25H21Cl3N2O5S. The molecule has 1 aliphatic rings.